The topological polar surface area (TPSA) is 41.1 Å². The maximum absolute atomic E-state index is 12.0. The molecule has 2 N–H and O–H groups in total. The number of thioether (sulfide) groups is 1. The molecule has 100 valence electrons. The molecule has 0 aromatic heterocycles. The van der Waals surface area contributed by atoms with Crippen LogP contribution in [0.15, 0.2) is 29.2 Å². The van der Waals surface area contributed by atoms with Gasteiger partial charge in [0.1, 0.15) is 0 Å². The maximum Gasteiger partial charge on any atom is 0.228 e. The molecule has 1 unspecified atom stereocenters. The lowest BCUT2D eigenvalue weighted by atomic mass is 10.1. The Morgan fingerprint density at radius 2 is 1.94 bits per heavy atom. The van der Waals surface area contributed by atoms with Gasteiger partial charge in [0, 0.05) is 17.1 Å². The zero-order chi connectivity index (χ0) is 13.4. The van der Waals surface area contributed by atoms with Crippen LogP contribution in [0.1, 0.15) is 20.3 Å². The highest BCUT2D eigenvalue weighted by Gasteiger charge is 2.15. The largest absolute Gasteiger partial charge is 0.326 e. The van der Waals surface area contributed by atoms with Crippen LogP contribution in [0.3, 0.4) is 0 Å². The van der Waals surface area contributed by atoms with Gasteiger partial charge in [-0.3, -0.25) is 4.79 Å². The van der Waals surface area contributed by atoms with Gasteiger partial charge in [-0.15, -0.1) is 11.8 Å². The van der Waals surface area contributed by atoms with Gasteiger partial charge >= 0.3 is 0 Å². The van der Waals surface area contributed by atoms with Crippen molar-refractivity contribution in [2.24, 2.45) is 5.92 Å². The molecule has 0 aliphatic carbocycles. The second kappa shape index (κ2) is 8.16. The van der Waals surface area contributed by atoms with E-state index in [1.807, 2.05) is 38.2 Å². The minimum Gasteiger partial charge on any atom is -0.326 e. The number of carbonyl (C=O) groups excluding carboxylic acids is 1. The molecule has 0 saturated carbocycles. The molecule has 0 aliphatic rings. The molecule has 0 saturated heterocycles. The van der Waals surface area contributed by atoms with E-state index in [2.05, 4.69) is 17.6 Å². The Hall–Kier alpha value is -1.00. The number of carbonyl (C=O) groups is 1. The first-order chi connectivity index (χ1) is 8.71. The Bertz CT molecular complexity index is 365. The van der Waals surface area contributed by atoms with Gasteiger partial charge < -0.3 is 10.6 Å². The fourth-order valence-corrected chi connectivity index (χ4v) is 2.38. The summed E-state index contributed by atoms with van der Waals surface area (Å²) in [7, 11) is 1.87. The highest BCUT2D eigenvalue weighted by atomic mass is 32.2. The van der Waals surface area contributed by atoms with Crippen molar-refractivity contribution >= 4 is 23.4 Å². The van der Waals surface area contributed by atoms with Gasteiger partial charge in [0.25, 0.3) is 0 Å². The average molecular weight is 266 g/mol. The van der Waals surface area contributed by atoms with Crippen LogP contribution in [-0.4, -0.2) is 25.3 Å². The Balaban J connectivity index is 2.58. The fraction of sp³-hybridized carbons (Fsp3) is 0.500. The number of nitrogens with one attached hydrogen (secondary N) is 2. The van der Waals surface area contributed by atoms with Gasteiger partial charge in [-0.05, 0) is 43.5 Å². The van der Waals surface area contributed by atoms with Gasteiger partial charge in [0.2, 0.25) is 5.91 Å². The molecule has 1 aromatic carbocycles. The summed E-state index contributed by atoms with van der Waals surface area (Å²) in [6.07, 6.45) is 0.844. The van der Waals surface area contributed by atoms with Crippen LogP contribution in [0.2, 0.25) is 0 Å². The van der Waals surface area contributed by atoms with Crippen molar-refractivity contribution in [3.05, 3.63) is 24.3 Å². The minimum atomic E-state index is 0.0275. The van der Waals surface area contributed by atoms with Gasteiger partial charge in [-0.1, -0.05) is 13.8 Å². The lowest BCUT2D eigenvalue weighted by Crippen LogP contribution is -2.30. The van der Waals surface area contributed by atoms with Gasteiger partial charge in [0.15, 0.2) is 0 Å². The monoisotopic (exact) mass is 266 g/mol. The molecule has 0 radical (unpaired) electrons. The maximum atomic E-state index is 12.0. The highest BCUT2D eigenvalue weighted by molar-refractivity contribution is 7.99. The van der Waals surface area contributed by atoms with E-state index in [4.69, 9.17) is 0 Å². The third kappa shape index (κ3) is 4.70. The molecule has 0 spiro atoms. The van der Waals surface area contributed by atoms with Crippen LogP contribution in [0.4, 0.5) is 5.69 Å². The van der Waals surface area contributed by atoms with Crippen molar-refractivity contribution < 1.29 is 4.79 Å². The van der Waals surface area contributed by atoms with Crippen LogP contribution in [0.5, 0.6) is 0 Å². The Morgan fingerprint density at radius 3 is 2.44 bits per heavy atom. The van der Waals surface area contributed by atoms with Crippen LogP contribution in [-0.2, 0) is 4.79 Å². The summed E-state index contributed by atoms with van der Waals surface area (Å²) in [6.45, 7) is 4.87. The molecule has 3 nitrogen and oxygen atoms in total. The summed E-state index contributed by atoms with van der Waals surface area (Å²) in [6, 6.07) is 8.01. The second-order valence-corrected chi connectivity index (χ2v) is 5.45. The summed E-state index contributed by atoms with van der Waals surface area (Å²) >= 11 is 1.80. The summed E-state index contributed by atoms with van der Waals surface area (Å²) in [5.41, 5.74) is 0.870. The molecule has 0 fully saturated rings. The molecular formula is C14H22N2OS. The van der Waals surface area contributed by atoms with Crippen LogP contribution >= 0.6 is 11.8 Å². The number of hydrogen-bond donors (Lipinski definition) is 2. The Morgan fingerprint density at radius 1 is 1.28 bits per heavy atom. The van der Waals surface area contributed by atoms with Gasteiger partial charge in [0.05, 0.1) is 5.92 Å². The van der Waals surface area contributed by atoms with E-state index in [-0.39, 0.29) is 11.8 Å². The third-order valence-corrected chi connectivity index (χ3v) is 3.64. The number of amides is 1. The first kappa shape index (κ1) is 15.1. The third-order valence-electron chi connectivity index (χ3n) is 2.75. The molecule has 1 amide bonds. The first-order valence-corrected chi connectivity index (χ1v) is 7.38. The van der Waals surface area contributed by atoms with E-state index in [1.54, 1.807) is 11.8 Å². The number of rotatable bonds is 7. The van der Waals surface area contributed by atoms with E-state index in [9.17, 15) is 4.79 Å². The fourth-order valence-electron chi connectivity index (χ4n) is 1.71. The molecule has 18 heavy (non-hydrogen) atoms. The summed E-state index contributed by atoms with van der Waals surface area (Å²) < 4.78 is 0. The number of benzene rings is 1. The minimum absolute atomic E-state index is 0.0275. The summed E-state index contributed by atoms with van der Waals surface area (Å²) in [5, 5.41) is 6.01. The highest BCUT2D eigenvalue weighted by Crippen LogP contribution is 2.20. The first-order valence-electron chi connectivity index (χ1n) is 6.39. The predicted molar refractivity (Wildman–Crippen MR) is 79.2 cm³/mol. The number of anilines is 1. The Kier molecular flexibility index (Phi) is 6.83. The van der Waals surface area contributed by atoms with Gasteiger partial charge in [-0.2, -0.15) is 0 Å². The summed E-state index contributed by atoms with van der Waals surface area (Å²) in [4.78, 5) is 13.2. The number of hydrogen-bond acceptors (Lipinski definition) is 3. The van der Waals surface area contributed by atoms with Crippen LogP contribution < -0.4 is 10.6 Å². The Labute approximate surface area is 114 Å². The quantitative estimate of drug-likeness (QED) is 0.745. The second-order valence-electron chi connectivity index (χ2n) is 4.11. The standard InChI is InChI=1S/C14H22N2OS/c1-4-11(10-15-3)14(17)16-12-6-8-13(9-7-12)18-5-2/h6-9,11,15H,4-5,10H2,1-3H3,(H,16,17). The van der Waals surface area contributed by atoms with E-state index >= 15 is 0 Å². The lowest BCUT2D eigenvalue weighted by Gasteiger charge is -2.14. The van der Waals surface area contributed by atoms with E-state index in [0.717, 1.165) is 17.9 Å². The zero-order valence-electron chi connectivity index (χ0n) is 11.3. The molecule has 0 bridgehead atoms. The predicted octanol–water partition coefficient (Wildman–Crippen LogP) is 2.98. The van der Waals surface area contributed by atoms with Crippen molar-refractivity contribution in [2.75, 3.05) is 24.7 Å². The zero-order valence-corrected chi connectivity index (χ0v) is 12.1. The normalized spacial score (nSPS) is 12.2. The van der Waals surface area contributed by atoms with Gasteiger partial charge in [-0.25, -0.2) is 0 Å². The van der Waals surface area contributed by atoms with E-state index in [1.165, 1.54) is 4.90 Å². The van der Waals surface area contributed by atoms with E-state index < -0.39 is 0 Å². The molecule has 0 heterocycles. The van der Waals surface area contributed by atoms with Crippen molar-refractivity contribution in [3.8, 4) is 0 Å². The van der Waals surface area contributed by atoms with Crippen molar-refractivity contribution in [1.82, 2.24) is 5.32 Å². The molecule has 0 aliphatic heterocycles. The van der Waals surface area contributed by atoms with Crippen molar-refractivity contribution in [2.45, 2.75) is 25.2 Å². The molecule has 4 heteroatoms. The molecule has 1 aromatic rings. The van der Waals surface area contributed by atoms with Crippen molar-refractivity contribution in [1.29, 1.82) is 0 Å². The summed E-state index contributed by atoms with van der Waals surface area (Å²) in [5.74, 6) is 1.17. The van der Waals surface area contributed by atoms with Crippen LogP contribution in [0, 0.1) is 5.92 Å². The smallest absolute Gasteiger partial charge is 0.228 e. The van der Waals surface area contributed by atoms with E-state index in [0.29, 0.717) is 6.54 Å². The molecule has 1 rings (SSSR count). The van der Waals surface area contributed by atoms with Crippen LogP contribution in [0.25, 0.3) is 0 Å². The SMILES string of the molecule is CCSc1ccc(NC(=O)C(CC)CNC)cc1. The van der Waals surface area contributed by atoms with Crippen molar-refractivity contribution in [3.63, 3.8) is 0 Å². The average Bonchev–Trinajstić information content (AvgIpc) is 2.38. The molecular weight excluding hydrogens is 244 g/mol. The molecule has 1 atom stereocenters. The lowest BCUT2D eigenvalue weighted by molar-refractivity contribution is -0.119.